The largest absolute Gasteiger partial charge is 0.480 e. The Bertz CT molecular complexity index is 357. The number of morpholine rings is 1. The van der Waals surface area contributed by atoms with Gasteiger partial charge in [0, 0.05) is 25.8 Å². The summed E-state index contributed by atoms with van der Waals surface area (Å²) in [6.07, 6.45) is 1.85. The van der Waals surface area contributed by atoms with Crippen LogP contribution >= 0.6 is 0 Å². The van der Waals surface area contributed by atoms with Crippen molar-refractivity contribution in [3.8, 4) is 0 Å². The van der Waals surface area contributed by atoms with E-state index >= 15 is 0 Å². The number of nitrogens with zero attached hydrogens (tertiary/aromatic N) is 1. The van der Waals surface area contributed by atoms with Gasteiger partial charge in [0.05, 0.1) is 13.2 Å². The number of amides is 2. The average molecular weight is 286 g/mol. The molecule has 2 saturated heterocycles. The monoisotopic (exact) mass is 286 g/mol. The number of hydrogen-bond acceptors (Lipinski definition) is 4. The van der Waals surface area contributed by atoms with Crippen LogP contribution in [0.2, 0.25) is 0 Å². The van der Waals surface area contributed by atoms with E-state index in [1.54, 1.807) is 0 Å². The Balaban J connectivity index is 1.90. The smallest absolute Gasteiger partial charge is 0.328 e. The zero-order chi connectivity index (χ0) is 14.5. The van der Waals surface area contributed by atoms with E-state index in [1.165, 1.54) is 4.90 Å². The van der Waals surface area contributed by atoms with Gasteiger partial charge >= 0.3 is 12.0 Å². The zero-order valence-electron chi connectivity index (χ0n) is 11.7. The number of nitrogens with one attached hydrogen (secondary N) is 1. The van der Waals surface area contributed by atoms with Crippen LogP contribution in [-0.2, 0) is 14.3 Å². The highest BCUT2D eigenvalue weighted by Crippen LogP contribution is 2.19. The first-order valence-electron chi connectivity index (χ1n) is 7.05. The highest BCUT2D eigenvalue weighted by atomic mass is 16.5. The van der Waals surface area contributed by atoms with Gasteiger partial charge in [-0.2, -0.15) is 0 Å². The summed E-state index contributed by atoms with van der Waals surface area (Å²) >= 11 is 0. The number of hydrogen-bond donors (Lipinski definition) is 2. The Hall–Kier alpha value is -1.34. The van der Waals surface area contributed by atoms with E-state index in [0.717, 1.165) is 26.1 Å². The predicted molar refractivity (Wildman–Crippen MR) is 70.5 cm³/mol. The van der Waals surface area contributed by atoms with Crippen molar-refractivity contribution in [3.63, 3.8) is 0 Å². The summed E-state index contributed by atoms with van der Waals surface area (Å²) in [6, 6.07) is -1.20. The maximum absolute atomic E-state index is 12.2. The summed E-state index contributed by atoms with van der Waals surface area (Å²) in [6.45, 7) is 4.14. The van der Waals surface area contributed by atoms with Crippen LogP contribution in [-0.4, -0.2) is 67.1 Å². The summed E-state index contributed by atoms with van der Waals surface area (Å²) in [5, 5.41) is 12.0. The molecule has 114 valence electrons. The maximum Gasteiger partial charge on any atom is 0.328 e. The van der Waals surface area contributed by atoms with E-state index in [9.17, 15) is 9.59 Å². The number of urea groups is 1. The molecule has 2 fully saturated rings. The Kier molecular flexibility index (Phi) is 5.19. The van der Waals surface area contributed by atoms with Crippen LogP contribution < -0.4 is 5.32 Å². The standard InChI is InChI=1S/C13H22N2O5/c1-9(10-2-5-19-6-3-10)14-13(18)15-4-7-20-8-11(15)12(16)17/h9-11H,2-8H2,1H3,(H,14,18)(H,16,17). The molecular formula is C13H22N2O5. The number of aliphatic carboxylic acids is 1. The third kappa shape index (κ3) is 3.61. The number of carbonyl (C=O) groups excluding carboxylic acids is 1. The zero-order valence-corrected chi connectivity index (χ0v) is 11.7. The minimum absolute atomic E-state index is 0.0173. The third-order valence-corrected chi connectivity index (χ3v) is 4.00. The van der Waals surface area contributed by atoms with Crippen molar-refractivity contribution in [1.82, 2.24) is 10.2 Å². The van der Waals surface area contributed by atoms with Crippen molar-refractivity contribution >= 4 is 12.0 Å². The van der Waals surface area contributed by atoms with Crippen molar-refractivity contribution < 1.29 is 24.2 Å². The van der Waals surface area contributed by atoms with E-state index < -0.39 is 12.0 Å². The normalized spacial score (nSPS) is 26.1. The molecule has 0 aromatic carbocycles. The predicted octanol–water partition coefficient (Wildman–Crippen LogP) is 0.297. The second kappa shape index (κ2) is 6.90. The van der Waals surface area contributed by atoms with E-state index in [1.807, 2.05) is 6.92 Å². The molecule has 2 heterocycles. The fraction of sp³-hybridized carbons (Fsp3) is 0.846. The number of carbonyl (C=O) groups is 2. The van der Waals surface area contributed by atoms with Crippen molar-refractivity contribution in [2.45, 2.75) is 31.8 Å². The third-order valence-electron chi connectivity index (χ3n) is 4.00. The molecule has 2 aliphatic rings. The second-order valence-corrected chi connectivity index (χ2v) is 5.31. The Morgan fingerprint density at radius 1 is 1.25 bits per heavy atom. The molecule has 0 bridgehead atoms. The Morgan fingerprint density at radius 2 is 1.95 bits per heavy atom. The van der Waals surface area contributed by atoms with Gasteiger partial charge in [0.2, 0.25) is 0 Å². The molecule has 2 unspecified atom stereocenters. The first-order valence-corrected chi connectivity index (χ1v) is 7.05. The topological polar surface area (TPSA) is 88.1 Å². The van der Waals surface area contributed by atoms with Gasteiger partial charge < -0.3 is 24.8 Å². The van der Waals surface area contributed by atoms with Gasteiger partial charge in [0.25, 0.3) is 0 Å². The highest BCUT2D eigenvalue weighted by Gasteiger charge is 2.34. The van der Waals surface area contributed by atoms with Crippen LogP contribution in [0.25, 0.3) is 0 Å². The van der Waals surface area contributed by atoms with E-state index in [0.29, 0.717) is 19.1 Å². The Morgan fingerprint density at radius 3 is 2.60 bits per heavy atom. The molecule has 2 aliphatic heterocycles. The minimum Gasteiger partial charge on any atom is -0.480 e. The summed E-state index contributed by atoms with van der Waals surface area (Å²) in [5.74, 6) is -0.643. The van der Waals surface area contributed by atoms with Crippen molar-refractivity contribution in [1.29, 1.82) is 0 Å². The van der Waals surface area contributed by atoms with Crippen LogP contribution in [0.5, 0.6) is 0 Å². The lowest BCUT2D eigenvalue weighted by Crippen LogP contribution is -2.57. The van der Waals surface area contributed by atoms with Crippen LogP contribution in [0.4, 0.5) is 4.79 Å². The quantitative estimate of drug-likeness (QED) is 0.779. The molecule has 20 heavy (non-hydrogen) atoms. The molecule has 0 aromatic rings. The van der Waals surface area contributed by atoms with Crippen molar-refractivity contribution in [2.75, 3.05) is 33.0 Å². The summed E-state index contributed by atoms with van der Waals surface area (Å²) < 4.78 is 10.4. The molecule has 0 aliphatic carbocycles. The van der Waals surface area contributed by atoms with Gasteiger partial charge in [0.15, 0.2) is 6.04 Å². The highest BCUT2D eigenvalue weighted by molar-refractivity contribution is 5.83. The molecule has 0 radical (unpaired) electrons. The average Bonchev–Trinajstić information content (AvgIpc) is 2.48. The molecule has 2 N–H and O–H groups in total. The molecule has 7 nitrogen and oxygen atoms in total. The van der Waals surface area contributed by atoms with Gasteiger partial charge in [-0.1, -0.05) is 0 Å². The van der Waals surface area contributed by atoms with Gasteiger partial charge in [-0.25, -0.2) is 9.59 Å². The summed E-state index contributed by atoms with van der Waals surface area (Å²) in [5.41, 5.74) is 0. The number of rotatable bonds is 3. The SMILES string of the molecule is CC(NC(=O)N1CCOCC1C(=O)O)C1CCOCC1. The van der Waals surface area contributed by atoms with Crippen LogP contribution in [0.15, 0.2) is 0 Å². The van der Waals surface area contributed by atoms with Crippen LogP contribution in [0.1, 0.15) is 19.8 Å². The summed E-state index contributed by atoms with van der Waals surface area (Å²) in [4.78, 5) is 24.7. The molecular weight excluding hydrogens is 264 g/mol. The van der Waals surface area contributed by atoms with Gasteiger partial charge in [-0.05, 0) is 25.7 Å². The van der Waals surface area contributed by atoms with Crippen LogP contribution in [0.3, 0.4) is 0 Å². The van der Waals surface area contributed by atoms with E-state index in [4.69, 9.17) is 14.6 Å². The van der Waals surface area contributed by atoms with Gasteiger partial charge in [-0.3, -0.25) is 0 Å². The molecule has 0 spiro atoms. The second-order valence-electron chi connectivity index (χ2n) is 5.31. The van der Waals surface area contributed by atoms with Crippen molar-refractivity contribution in [2.24, 2.45) is 5.92 Å². The molecule has 2 rings (SSSR count). The summed E-state index contributed by atoms with van der Waals surface area (Å²) in [7, 11) is 0. The fourth-order valence-corrected chi connectivity index (χ4v) is 2.66. The minimum atomic E-state index is -1.03. The first kappa shape index (κ1) is 15.1. The Labute approximate surface area is 118 Å². The molecule has 2 amide bonds. The number of carboxylic acids is 1. The van der Waals surface area contributed by atoms with Gasteiger partial charge in [-0.15, -0.1) is 0 Å². The number of carboxylic acid groups (broad SMARTS) is 1. The van der Waals surface area contributed by atoms with Crippen LogP contribution in [0, 0.1) is 5.92 Å². The first-order chi connectivity index (χ1) is 9.59. The van der Waals surface area contributed by atoms with E-state index in [-0.39, 0.29) is 18.7 Å². The molecule has 7 heteroatoms. The fourth-order valence-electron chi connectivity index (χ4n) is 2.66. The molecule has 0 saturated carbocycles. The lowest BCUT2D eigenvalue weighted by molar-refractivity contribution is -0.147. The lowest BCUT2D eigenvalue weighted by atomic mass is 9.93. The lowest BCUT2D eigenvalue weighted by Gasteiger charge is -2.35. The number of ether oxygens (including phenoxy) is 2. The van der Waals surface area contributed by atoms with Crippen molar-refractivity contribution in [3.05, 3.63) is 0 Å². The van der Waals surface area contributed by atoms with E-state index in [2.05, 4.69) is 5.32 Å². The van der Waals surface area contributed by atoms with Gasteiger partial charge in [0.1, 0.15) is 0 Å². The molecule has 2 atom stereocenters. The maximum atomic E-state index is 12.2. The molecule has 0 aromatic heterocycles.